The Balaban J connectivity index is 2.08. The Hall–Kier alpha value is -3.72. The minimum absolute atomic E-state index is 0.0552. The van der Waals surface area contributed by atoms with Gasteiger partial charge in [-0.05, 0) is 25.1 Å². The molecule has 12 heteroatoms. The van der Waals surface area contributed by atoms with Gasteiger partial charge in [0, 0.05) is 11.6 Å². The first-order valence-corrected chi connectivity index (χ1v) is 8.33. The predicted molar refractivity (Wildman–Crippen MR) is 95.1 cm³/mol. The molecule has 0 aliphatic carbocycles. The molecule has 1 aromatic heterocycles. The number of hydrazone groups is 1. The van der Waals surface area contributed by atoms with Crippen molar-refractivity contribution in [3.8, 4) is 17.6 Å². The van der Waals surface area contributed by atoms with E-state index < -0.39 is 41.0 Å². The lowest BCUT2D eigenvalue weighted by Crippen LogP contribution is -2.32. The van der Waals surface area contributed by atoms with Crippen LogP contribution in [0.4, 0.5) is 17.6 Å². The molecule has 1 atom stereocenters. The fourth-order valence-corrected chi connectivity index (χ4v) is 2.56. The molecule has 1 aromatic carbocycles. The highest BCUT2D eigenvalue weighted by atomic mass is 19.4. The Morgan fingerprint density at radius 1 is 1.40 bits per heavy atom. The SMILES string of the molecule is Cc1c(C#N)cc(F)cc1Oc1c(C(F)(F)F)ncn(CC2=NNC(O)C=C2)c1=O. The molecule has 0 fully saturated rings. The zero-order chi connectivity index (χ0) is 22.1. The Bertz CT molecular complexity index is 1150. The smallest absolute Gasteiger partial charge is 0.437 e. The van der Waals surface area contributed by atoms with Gasteiger partial charge in [0.15, 0.2) is 11.9 Å². The first-order valence-electron chi connectivity index (χ1n) is 8.33. The van der Waals surface area contributed by atoms with Crippen LogP contribution in [0.15, 0.2) is 40.5 Å². The number of aliphatic hydroxyl groups is 1. The molecule has 0 spiro atoms. The minimum atomic E-state index is -5.03. The van der Waals surface area contributed by atoms with E-state index in [9.17, 15) is 27.5 Å². The van der Waals surface area contributed by atoms with Gasteiger partial charge in [-0.3, -0.25) is 14.8 Å². The zero-order valence-electron chi connectivity index (χ0n) is 15.2. The third-order valence-corrected chi connectivity index (χ3v) is 4.07. The molecule has 2 heterocycles. The number of rotatable bonds is 4. The standard InChI is InChI=1S/C18H13F4N5O3/c1-9-10(6-23)4-11(19)5-13(9)30-15-16(18(20,21)22)24-8-27(17(15)29)7-12-2-3-14(28)26-25-12/h2-5,8,14,26,28H,7H2,1H3. The Labute approximate surface area is 166 Å². The lowest BCUT2D eigenvalue weighted by Gasteiger charge is -2.17. The summed E-state index contributed by atoms with van der Waals surface area (Å²) in [5.41, 5.74) is -0.341. The van der Waals surface area contributed by atoms with Crippen LogP contribution < -0.4 is 15.7 Å². The van der Waals surface area contributed by atoms with E-state index >= 15 is 0 Å². The average molecular weight is 423 g/mol. The van der Waals surface area contributed by atoms with E-state index in [0.717, 1.165) is 16.7 Å². The molecule has 2 N–H and O–H groups in total. The molecule has 1 aliphatic heterocycles. The molecule has 0 saturated heterocycles. The van der Waals surface area contributed by atoms with Gasteiger partial charge in [0.25, 0.3) is 5.56 Å². The zero-order valence-corrected chi connectivity index (χ0v) is 15.2. The lowest BCUT2D eigenvalue weighted by atomic mass is 10.1. The number of alkyl halides is 3. The quantitative estimate of drug-likeness (QED) is 0.730. The summed E-state index contributed by atoms with van der Waals surface area (Å²) in [6.45, 7) is 1.07. The van der Waals surface area contributed by atoms with E-state index in [-0.39, 0.29) is 23.4 Å². The van der Waals surface area contributed by atoms with Crippen molar-refractivity contribution in [1.82, 2.24) is 15.0 Å². The fraction of sp³-hybridized carbons (Fsp3) is 0.222. The van der Waals surface area contributed by atoms with Crippen molar-refractivity contribution in [2.45, 2.75) is 25.9 Å². The lowest BCUT2D eigenvalue weighted by molar-refractivity contribution is -0.142. The van der Waals surface area contributed by atoms with Crippen LogP contribution in [-0.4, -0.2) is 26.6 Å². The Morgan fingerprint density at radius 3 is 2.73 bits per heavy atom. The molecule has 1 unspecified atom stereocenters. The first-order chi connectivity index (χ1) is 14.1. The largest absolute Gasteiger partial charge is 0.449 e. The van der Waals surface area contributed by atoms with Crippen LogP contribution >= 0.6 is 0 Å². The van der Waals surface area contributed by atoms with Crippen molar-refractivity contribution < 1.29 is 27.4 Å². The topological polar surface area (TPSA) is 113 Å². The van der Waals surface area contributed by atoms with Crippen molar-refractivity contribution in [2.24, 2.45) is 5.10 Å². The van der Waals surface area contributed by atoms with E-state index in [2.05, 4.69) is 15.5 Å². The third-order valence-electron chi connectivity index (χ3n) is 4.07. The summed E-state index contributed by atoms with van der Waals surface area (Å²) in [6.07, 6.45) is -2.68. The highest BCUT2D eigenvalue weighted by molar-refractivity contribution is 5.95. The Kier molecular flexibility index (Phi) is 5.57. The number of hydrogen-bond donors (Lipinski definition) is 2. The monoisotopic (exact) mass is 423 g/mol. The molecule has 0 radical (unpaired) electrons. The average Bonchev–Trinajstić information content (AvgIpc) is 2.68. The van der Waals surface area contributed by atoms with Crippen molar-refractivity contribution in [3.63, 3.8) is 0 Å². The molecule has 0 amide bonds. The minimum Gasteiger partial charge on any atom is -0.449 e. The number of ether oxygens (including phenoxy) is 1. The number of allylic oxidation sites excluding steroid dienone is 1. The van der Waals surface area contributed by atoms with Crippen molar-refractivity contribution >= 4 is 5.71 Å². The highest BCUT2D eigenvalue weighted by Crippen LogP contribution is 2.35. The van der Waals surface area contributed by atoms with Crippen LogP contribution in [-0.2, 0) is 12.7 Å². The van der Waals surface area contributed by atoms with E-state index in [0.29, 0.717) is 6.33 Å². The molecular weight excluding hydrogens is 410 g/mol. The molecule has 3 rings (SSSR count). The molecule has 2 aromatic rings. The summed E-state index contributed by atoms with van der Waals surface area (Å²) in [5.74, 6) is -2.51. The summed E-state index contributed by atoms with van der Waals surface area (Å²) < 4.78 is 59.9. The number of benzene rings is 1. The predicted octanol–water partition coefficient (Wildman–Crippen LogP) is 2.21. The van der Waals surface area contributed by atoms with Crippen molar-refractivity contribution in [2.75, 3.05) is 0 Å². The number of aliphatic hydroxyl groups excluding tert-OH is 1. The summed E-state index contributed by atoms with van der Waals surface area (Å²) in [6, 6.07) is 3.36. The van der Waals surface area contributed by atoms with Crippen LogP contribution in [0.3, 0.4) is 0 Å². The van der Waals surface area contributed by atoms with Crippen LogP contribution in [0.25, 0.3) is 0 Å². The maximum absolute atomic E-state index is 13.7. The molecule has 8 nitrogen and oxygen atoms in total. The van der Waals surface area contributed by atoms with Gasteiger partial charge in [-0.15, -0.1) is 0 Å². The van der Waals surface area contributed by atoms with Gasteiger partial charge in [0.2, 0.25) is 5.75 Å². The summed E-state index contributed by atoms with van der Waals surface area (Å²) in [7, 11) is 0. The van der Waals surface area contributed by atoms with Crippen LogP contribution in [0, 0.1) is 24.1 Å². The van der Waals surface area contributed by atoms with E-state index in [4.69, 9.17) is 10.00 Å². The summed E-state index contributed by atoms with van der Waals surface area (Å²) in [5, 5.41) is 22.1. The Morgan fingerprint density at radius 2 is 2.13 bits per heavy atom. The number of aromatic nitrogens is 2. The van der Waals surface area contributed by atoms with Crippen molar-refractivity contribution in [3.05, 3.63) is 63.6 Å². The van der Waals surface area contributed by atoms with Crippen LogP contribution in [0.2, 0.25) is 0 Å². The number of nitrogens with zero attached hydrogens (tertiary/aromatic N) is 4. The second kappa shape index (κ2) is 7.96. The normalized spacial score (nSPS) is 15.9. The van der Waals surface area contributed by atoms with E-state index in [1.807, 2.05) is 0 Å². The fourth-order valence-electron chi connectivity index (χ4n) is 2.56. The van der Waals surface area contributed by atoms with Gasteiger partial charge >= 0.3 is 6.18 Å². The molecule has 0 bridgehead atoms. The second-order valence-corrected chi connectivity index (χ2v) is 6.18. The maximum Gasteiger partial charge on any atom is 0.437 e. The molecule has 1 aliphatic rings. The molecular formula is C18H13F4N5O3. The van der Waals surface area contributed by atoms with Gasteiger partial charge in [0.05, 0.1) is 30.2 Å². The summed E-state index contributed by atoms with van der Waals surface area (Å²) >= 11 is 0. The molecule has 0 saturated carbocycles. The number of nitriles is 1. The van der Waals surface area contributed by atoms with Gasteiger partial charge < -0.3 is 9.84 Å². The van der Waals surface area contributed by atoms with Gasteiger partial charge in [0.1, 0.15) is 11.6 Å². The number of nitrogens with one attached hydrogen (secondary N) is 1. The molecule has 30 heavy (non-hydrogen) atoms. The van der Waals surface area contributed by atoms with Crippen LogP contribution in [0.1, 0.15) is 16.8 Å². The number of hydrogen-bond acceptors (Lipinski definition) is 7. The number of halogens is 4. The van der Waals surface area contributed by atoms with E-state index in [1.165, 1.54) is 19.1 Å². The van der Waals surface area contributed by atoms with Gasteiger partial charge in [-0.2, -0.15) is 23.5 Å². The van der Waals surface area contributed by atoms with Crippen molar-refractivity contribution in [1.29, 1.82) is 5.26 Å². The third kappa shape index (κ3) is 4.31. The highest BCUT2D eigenvalue weighted by Gasteiger charge is 2.39. The van der Waals surface area contributed by atoms with Gasteiger partial charge in [-0.1, -0.05) is 0 Å². The first kappa shape index (κ1) is 21.0. The summed E-state index contributed by atoms with van der Waals surface area (Å²) in [4.78, 5) is 16.0. The van der Waals surface area contributed by atoms with Gasteiger partial charge in [-0.25, -0.2) is 9.37 Å². The second-order valence-electron chi connectivity index (χ2n) is 6.18. The maximum atomic E-state index is 13.7. The van der Waals surface area contributed by atoms with E-state index in [1.54, 1.807) is 6.07 Å². The van der Waals surface area contributed by atoms with Crippen LogP contribution in [0.5, 0.6) is 11.5 Å². The molecule has 156 valence electrons.